The molecular formula is C18H11BrF7N3O4S. The molecule has 0 unspecified atom stereocenters. The van der Waals surface area contributed by atoms with E-state index in [2.05, 4.69) is 14.8 Å². The first-order valence-electron chi connectivity index (χ1n) is 8.94. The van der Waals surface area contributed by atoms with Crippen LogP contribution in [0.3, 0.4) is 0 Å². The van der Waals surface area contributed by atoms with Crippen LogP contribution in [-0.4, -0.2) is 39.9 Å². The zero-order valence-corrected chi connectivity index (χ0v) is 19.0. The lowest BCUT2D eigenvalue weighted by Crippen LogP contribution is -2.40. The van der Waals surface area contributed by atoms with Gasteiger partial charge in [-0.05, 0) is 12.1 Å². The highest BCUT2D eigenvalue weighted by atomic mass is 79.9. The second-order valence-corrected chi connectivity index (χ2v) is 9.92. The largest absolute Gasteiger partial charge is 0.475 e. The number of benzene rings is 1. The van der Waals surface area contributed by atoms with Crippen molar-refractivity contribution in [2.75, 3.05) is 5.75 Å². The molecule has 0 aliphatic rings. The minimum Gasteiger partial charge on any atom is -0.426 e. The molecule has 1 aromatic carbocycles. The van der Waals surface area contributed by atoms with Gasteiger partial charge in [0.05, 0.1) is 29.1 Å². The quantitative estimate of drug-likeness (QED) is 0.315. The molecule has 0 aliphatic heterocycles. The standard InChI is InChI=1S/C18H11BrF7N3O4S/c1-2-34(31,32)13-6-11(33-18(25,26)17(19,23)24)8-27-14(13)29-15(30)12-5-10(16(20,21)22)4-3-9(12)7-28-29/h3-8H,2H2,1H3. The highest BCUT2D eigenvalue weighted by molar-refractivity contribution is 9.10. The Morgan fingerprint density at radius 3 is 2.26 bits per heavy atom. The van der Waals surface area contributed by atoms with Crippen molar-refractivity contribution in [3.8, 4) is 11.6 Å². The molecule has 0 spiro atoms. The Balaban J connectivity index is 2.25. The third-order valence-electron chi connectivity index (χ3n) is 4.42. The molecule has 0 amide bonds. The summed E-state index contributed by atoms with van der Waals surface area (Å²) < 4.78 is 122. The smallest absolute Gasteiger partial charge is 0.426 e. The average Bonchev–Trinajstić information content (AvgIpc) is 2.72. The lowest BCUT2D eigenvalue weighted by molar-refractivity contribution is -0.266. The minimum absolute atomic E-state index is 0.00621. The van der Waals surface area contributed by atoms with E-state index in [-0.39, 0.29) is 5.39 Å². The van der Waals surface area contributed by atoms with E-state index < -0.39 is 65.7 Å². The molecule has 0 aliphatic carbocycles. The van der Waals surface area contributed by atoms with Gasteiger partial charge in [-0.2, -0.15) is 40.5 Å². The SMILES string of the molecule is CCS(=O)(=O)c1cc(OC(F)(F)C(F)(F)Br)cnc1-n1ncc2ccc(C(F)(F)F)cc2c1=O. The lowest BCUT2D eigenvalue weighted by atomic mass is 10.1. The van der Waals surface area contributed by atoms with Crippen LogP contribution in [0, 0.1) is 0 Å². The molecule has 2 aromatic heterocycles. The van der Waals surface area contributed by atoms with Crippen LogP contribution in [0.15, 0.2) is 46.3 Å². The van der Waals surface area contributed by atoms with Crippen LogP contribution < -0.4 is 10.3 Å². The molecule has 0 N–H and O–H groups in total. The summed E-state index contributed by atoms with van der Waals surface area (Å²) in [6.07, 6.45) is -8.51. The number of halogens is 8. The van der Waals surface area contributed by atoms with Crippen molar-refractivity contribution in [2.45, 2.75) is 28.9 Å². The van der Waals surface area contributed by atoms with Gasteiger partial charge in [0.2, 0.25) is 0 Å². The van der Waals surface area contributed by atoms with Crippen LogP contribution in [0.5, 0.6) is 5.75 Å². The van der Waals surface area contributed by atoms with Crippen molar-refractivity contribution in [3.63, 3.8) is 0 Å². The maximum absolute atomic E-state index is 13.6. The van der Waals surface area contributed by atoms with Gasteiger partial charge in [-0.25, -0.2) is 13.4 Å². The molecule has 7 nitrogen and oxygen atoms in total. The maximum Gasteiger partial charge on any atom is 0.475 e. The highest BCUT2D eigenvalue weighted by Gasteiger charge is 2.58. The Morgan fingerprint density at radius 2 is 1.71 bits per heavy atom. The predicted octanol–water partition coefficient (Wildman–Crippen LogP) is 4.55. The second kappa shape index (κ2) is 8.48. The monoisotopic (exact) mass is 577 g/mol. The number of fused-ring (bicyclic) bond motifs is 1. The van der Waals surface area contributed by atoms with Crippen molar-refractivity contribution >= 4 is 36.5 Å². The van der Waals surface area contributed by atoms with E-state index in [1.807, 2.05) is 0 Å². The van der Waals surface area contributed by atoms with Crippen molar-refractivity contribution in [1.82, 2.24) is 14.8 Å². The van der Waals surface area contributed by atoms with Gasteiger partial charge in [0.15, 0.2) is 15.7 Å². The first kappa shape index (κ1) is 25.9. The molecule has 0 fully saturated rings. The summed E-state index contributed by atoms with van der Waals surface area (Å²) in [5.41, 5.74) is -2.36. The summed E-state index contributed by atoms with van der Waals surface area (Å²) in [7, 11) is -4.36. The zero-order valence-electron chi connectivity index (χ0n) is 16.6. The van der Waals surface area contributed by atoms with E-state index in [1.165, 1.54) is 15.9 Å². The van der Waals surface area contributed by atoms with Crippen molar-refractivity contribution < 1.29 is 43.9 Å². The van der Waals surface area contributed by atoms with E-state index in [4.69, 9.17) is 0 Å². The fraction of sp³-hybridized carbons (Fsp3) is 0.278. The van der Waals surface area contributed by atoms with Crippen molar-refractivity contribution in [1.29, 1.82) is 0 Å². The van der Waals surface area contributed by atoms with Gasteiger partial charge in [-0.1, -0.05) is 13.0 Å². The highest BCUT2D eigenvalue weighted by Crippen LogP contribution is 2.41. The van der Waals surface area contributed by atoms with Gasteiger partial charge in [0, 0.05) is 27.4 Å². The maximum atomic E-state index is 13.6. The van der Waals surface area contributed by atoms with E-state index in [1.54, 1.807) is 0 Å². The number of hydrogen-bond donors (Lipinski definition) is 0. The van der Waals surface area contributed by atoms with E-state index in [0.717, 1.165) is 19.2 Å². The van der Waals surface area contributed by atoms with Crippen molar-refractivity contribution in [2.24, 2.45) is 0 Å². The Labute approximate surface area is 194 Å². The number of hydrogen-bond acceptors (Lipinski definition) is 6. The van der Waals surface area contributed by atoms with Gasteiger partial charge in [0.1, 0.15) is 10.6 Å². The molecule has 3 rings (SSSR count). The number of ether oxygens (including phenoxy) is 1. The molecule has 3 aromatic rings. The molecular weight excluding hydrogens is 567 g/mol. The Morgan fingerprint density at radius 1 is 1.06 bits per heavy atom. The van der Waals surface area contributed by atoms with E-state index in [0.29, 0.717) is 29.1 Å². The first-order valence-corrected chi connectivity index (χ1v) is 11.4. The Kier molecular flexibility index (Phi) is 6.45. The van der Waals surface area contributed by atoms with Gasteiger partial charge >= 0.3 is 17.1 Å². The lowest BCUT2D eigenvalue weighted by Gasteiger charge is -2.22. The molecule has 184 valence electrons. The van der Waals surface area contributed by atoms with Gasteiger partial charge in [-0.3, -0.25) is 4.79 Å². The molecule has 0 atom stereocenters. The molecule has 2 heterocycles. The van der Waals surface area contributed by atoms with Crippen molar-refractivity contribution in [3.05, 3.63) is 52.6 Å². The average molecular weight is 578 g/mol. The molecule has 0 radical (unpaired) electrons. The van der Waals surface area contributed by atoms with Crippen LogP contribution in [0.1, 0.15) is 12.5 Å². The van der Waals surface area contributed by atoms with Gasteiger partial charge in [0.25, 0.3) is 5.56 Å². The first-order chi connectivity index (χ1) is 15.5. The fourth-order valence-corrected chi connectivity index (χ4v) is 3.80. The van der Waals surface area contributed by atoms with Gasteiger partial charge < -0.3 is 4.74 Å². The van der Waals surface area contributed by atoms with Crippen LogP contribution in [-0.2, 0) is 16.0 Å². The number of sulfone groups is 1. The summed E-state index contributed by atoms with van der Waals surface area (Å²) in [5.74, 6) is -2.49. The zero-order chi connectivity index (χ0) is 25.7. The van der Waals surface area contributed by atoms with E-state index >= 15 is 0 Å². The third kappa shape index (κ3) is 4.87. The Bertz CT molecular complexity index is 1420. The number of pyridine rings is 1. The normalized spacial score (nSPS) is 13.3. The molecule has 16 heteroatoms. The predicted molar refractivity (Wildman–Crippen MR) is 107 cm³/mol. The van der Waals surface area contributed by atoms with Crippen LogP contribution in [0.4, 0.5) is 30.7 Å². The summed E-state index contributed by atoms with van der Waals surface area (Å²) >= 11 is 1.45. The minimum atomic E-state index is -5.12. The summed E-state index contributed by atoms with van der Waals surface area (Å²) in [6, 6.07) is 2.65. The van der Waals surface area contributed by atoms with Gasteiger partial charge in [-0.15, -0.1) is 0 Å². The number of rotatable bonds is 6. The third-order valence-corrected chi connectivity index (χ3v) is 6.61. The molecule has 0 saturated carbocycles. The number of aromatic nitrogens is 3. The number of nitrogens with zero attached hydrogens (tertiary/aromatic N) is 3. The summed E-state index contributed by atoms with van der Waals surface area (Å²) in [5, 5.41) is 3.21. The topological polar surface area (TPSA) is 91.2 Å². The van der Waals surface area contributed by atoms with Crippen LogP contribution >= 0.6 is 15.9 Å². The van der Waals surface area contributed by atoms with E-state index in [9.17, 15) is 43.9 Å². The summed E-state index contributed by atoms with van der Waals surface area (Å²) in [4.78, 5) is 10.7. The van der Waals surface area contributed by atoms with Crippen LogP contribution in [0.2, 0.25) is 0 Å². The number of alkyl halides is 8. The fourth-order valence-electron chi connectivity index (χ4n) is 2.69. The Hall–Kier alpha value is -2.75. The molecule has 34 heavy (non-hydrogen) atoms. The second-order valence-electron chi connectivity index (χ2n) is 6.67. The van der Waals surface area contributed by atoms with Crippen LogP contribution in [0.25, 0.3) is 16.6 Å². The summed E-state index contributed by atoms with van der Waals surface area (Å²) in [6.45, 7) is 1.15. The molecule has 0 bridgehead atoms. The molecule has 0 saturated heterocycles.